The lowest BCUT2D eigenvalue weighted by atomic mass is 10.0. The molecule has 2 aromatic carbocycles. The topological polar surface area (TPSA) is 91.2 Å². The number of hydrogen-bond donors (Lipinski definition) is 2. The molecule has 0 fully saturated rings. The minimum absolute atomic E-state index is 0.114. The molecule has 0 saturated carbocycles. The minimum Gasteiger partial charge on any atom is -0.462 e. The Morgan fingerprint density at radius 1 is 1.11 bits per heavy atom. The first kappa shape index (κ1) is 20.7. The van der Waals surface area contributed by atoms with Crippen molar-refractivity contribution < 1.29 is 14.3 Å². The zero-order chi connectivity index (χ0) is 20.5. The van der Waals surface area contributed by atoms with Gasteiger partial charge in [0.05, 0.1) is 17.9 Å². The molecule has 0 bridgehead atoms. The molecule has 0 radical (unpaired) electrons. The number of amides is 1. The summed E-state index contributed by atoms with van der Waals surface area (Å²) < 4.78 is 5.00. The average Bonchev–Trinajstić information content (AvgIpc) is 2.69. The van der Waals surface area contributed by atoms with Crippen LogP contribution in [0.5, 0.6) is 0 Å². The molecular weight excluding hydrogens is 354 g/mol. The van der Waals surface area contributed by atoms with Gasteiger partial charge in [-0.2, -0.15) is 5.26 Å². The number of benzene rings is 2. The van der Waals surface area contributed by atoms with Gasteiger partial charge in [-0.25, -0.2) is 4.79 Å². The molecule has 0 aromatic heterocycles. The highest BCUT2D eigenvalue weighted by Crippen LogP contribution is 2.24. The summed E-state index contributed by atoms with van der Waals surface area (Å²) in [5.41, 5.74) is 2.30. The van der Waals surface area contributed by atoms with Crippen LogP contribution in [-0.4, -0.2) is 18.5 Å². The molecule has 6 heteroatoms. The molecule has 0 atom stereocenters. The van der Waals surface area contributed by atoms with Gasteiger partial charge in [-0.1, -0.05) is 44.2 Å². The Morgan fingerprint density at radius 2 is 1.75 bits per heavy atom. The Hall–Kier alpha value is -3.59. The number of ether oxygens (including phenoxy) is 1. The number of hydrogen-bond acceptors (Lipinski definition) is 5. The number of nitrogens with one attached hydrogen (secondary N) is 2. The van der Waals surface area contributed by atoms with E-state index >= 15 is 0 Å². The van der Waals surface area contributed by atoms with Crippen LogP contribution in [0.2, 0.25) is 0 Å². The number of carbonyl (C=O) groups excluding carboxylic acids is 2. The van der Waals surface area contributed by atoms with E-state index in [1.54, 1.807) is 31.2 Å². The average molecular weight is 377 g/mol. The summed E-state index contributed by atoms with van der Waals surface area (Å²) >= 11 is 0. The van der Waals surface area contributed by atoms with Crippen molar-refractivity contribution in [1.82, 2.24) is 0 Å². The molecule has 2 N–H and O–H groups in total. The van der Waals surface area contributed by atoms with Crippen molar-refractivity contribution in [2.45, 2.75) is 26.7 Å². The highest BCUT2D eigenvalue weighted by atomic mass is 16.5. The van der Waals surface area contributed by atoms with Crippen molar-refractivity contribution in [3.63, 3.8) is 0 Å². The molecule has 6 nitrogen and oxygen atoms in total. The summed E-state index contributed by atoms with van der Waals surface area (Å²) in [6.45, 7) is 6.06. The molecule has 0 unspecified atom stereocenters. The molecule has 1 amide bonds. The largest absolute Gasteiger partial charge is 0.462 e. The Kier molecular flexibility index (Phi) is 7.35. The smallest absolute Gasteiger partial charge is 0.340 e. The van der Waals surface area contributed by atoms with Gasteiger partial charge in [0.2, 0.25) is 0 Å². The minimum atomic E-state index is -0.617. The Labute approximate surface area is 164 Å². The predicted molar refractivity (Wildman–Crippen MR) is 109 cm³/mol. The fourth-order valence-corrected chi connectivity index (χ4v) is 2.60. The predicted octanol–water partition coefficient (Wildman–Crippen LogP) is 4.44. The van der Waals surface area contributed by atoms with Crippen LogP contribution >= 0.6 is 0 Å². The fourth-order valence-electron chi connectivity index (χ4n) is 2.60. The van der Waals surface area contributed by atoms with Gasteiger partial charge in [0.15, 0.2) is 0 Å². The van der Waals surface area contributed by atoms with Gasteiger partial charge in [0, 0.05) is 11.9 Å². The van der Waals surface area contributed by atoms with E-state index in [0.29, 0.717) is 0 Å². The van der Waals surface area contributed by atoms with E-state index in [4.69, 9.17) is 4.74 Å². The number of nitriles is 1. The lowest BCUT2D eigenvalue weighted by Crippen LogP contribution is -2.17. The third-order valence-electron chi connectivity index (χ3n) is 3.99. The molecule has 144 valence electrons. The maximum absolute atomic E-state index is 12.5. The first-order chi connectivity index (χ1) is 13.5. The van der Waals surface area contributed by atoms with Crippen LogP contribution in [0.1, 0.15) is 42.6 Å². The van der Waals surface area contributed by atoms with Crippen molar-refractivity contribution in [2.75, 3.05) is 17.2 Å². The van der Waals surface area contributed by atoms with Crippen LogP contribution in [0.15, 0.2) is 60.3 Å². The first-order valence-electron chi connectivity index (χ1n) is 9.01. The van der Waals surface area contributed by atoms with Crippen molar-refractivity contribution in [1.29, 1.82) is 5.26 Å². The molecule has 0 heterocycles. The molecule has 0 spiro atoms. The van der Waals surface area contributed by atoms with Gasteiger partial charge in [-0.3, -0.25) is 4.79 Å². The number of carbonyl (C=O) groups is 2. The second-order valence-corrected chi connectivity index (χ2v) is 6.28. The maximum atomic E-state index is 12.5. The van der Waals surface area contributed by atoms with Gasteiger partial charge in [0.1, 0.15) is 11.6 Å². The number of para-hydroxylation sites is 2. The fraction of sp³-hybridized carbons (Fsp3) is 0.227. The summed E-state index contributed by atoms with van der Waals surface area (Å²) in [5.74, 6) is -0.869. The number of anilines is 2. The molecule has 2 rings (SSSR count). The van der Waals surface area contributed by atoms with E-state index in [1.165, 1.54) is 6.20 Å². The van der Waals surface area contributed by atoms with Crippen LogP contribution in [0.3, 0.4) is 0 Å². The molecule has 0 aliphatic heterocycles. The summed E-state index contributed by atoms with van der Waals surface area (Å²) in [6, 6.07) is 16.1. The second-order valence-electron chi connectivity index (χ2n) is 6.28. The molecule has 28 heavy (non-hydrogen) atoms. The van der Waals surface area contributed by atoms with E-state index < -0.39 is 11.9 Å². The summed E-state index contributed by atoms with van der Waals surface area (Å²) in [4.78, 5) is 24.6. The monoisotopic (exact) mass is 377 g/mol. The van der Waals surface area contributed by atoms with E-state index in [1.807, 2.05) is 30.3 Å². The van der Waals surface area contributed by atoms with Crippen LogP contribution in [0, 0.1) is 11.3 Å². The van der Waals surface area contributed by atoms with Gasteiger partial charge in [-0.15, -0.1) is 0 Å². The molecule has 2 aromatic rings. The third kappa shape index (κ3) is 5.21. The van der Waals surface area contributed by atoms with E-state index in [2.05, 4.69) is 24.5 Å². The molecule has 0 aliphatic carbocycles. The quantitative estimate of drug-likeness (QED) is 0.423. The van der Waals surface area contributed by atoms with Crippen molar-refractivity contribution in [2.24, 2.45) is 0 Å². The normalized spacial score (nSPS) is 10.9. The highest BCUT2D eigenvalue weighted by Gasteiger charge is 2.16. The highest BCUT2D eigenvalue weighted by molar-refractivity contribution is 6.09. The molecule has 0 aliphatic rings. The van der Waals surface area contributed by atoms with Crippen molar-refractivity contribution in [3.8, 4) is 6.07 Å². The van der Waals surface area contributed by atoms with Crippen LogP contribution in [0.4, 0.5) is 11.4 Å². The van der Waals surface area contributed by atoms with Gasteiger partial charge >= 0.3 is 5.97 Å². The van der Waals surface area contributed by atoms with Gasteiger partial charge < -0.3 is 15.4 Å². The van der Waals surface area contributed by atoms with Gasteiger partial charge in [-0.05, 0) is 36.6 Å². The lowest BCUT2D eigenvalue weighted by molar-refractivity contribution is -0.112. The van der Waals surface area contributed by atoms with Crippen molar-refractivity contribution in [3.05, 3.63) is 71.4 Å². The molecular formula is C22H23N3O3. The number of rotatable bonds is 7. The Bertz CT molecular complexity index is 927. The lowest BCUT2D eigenvalue weighted by Gasteiger charge is -2.13. The summed E-state index contributed by atoms with van der Waals surface area (Å²) in [5, 5.41) is 15.0. The SMILES string of the molecule is CCOC(=O)c1ccccc1NC(=O)/C(C#N)=C\Nc1ccccc1C(C)C. The van der Waals surface area contributed by atoms with Crippen molar-refractivity contribution >= 4 is 23.3 Å². The maximum Gasteiger partial charge on any atom is 0.340 e. The van der Waals surface area contributed by atoms with Gasteiger partial charge in [0.25, 0.3) is 5.91 Å². The van der Waals surface area contributed by atoms with E-state index in [-0.39, 0.29) is 29.3 Å². The van der Waals surface area contributed by atoms with Crippen LogP contribution in [-0.2, 0) is 9.53 Å². The zero-order valence-corrected chi connectivity index (χ0v) is 16.2. The number of esters is 1. The van der Waals surface area contributed by atoms with Crippen LogP contribution in [0.25, 0.3) is 0 Å². The van der Waals surface area contributed by atoms with Crippen LogP contribution < -0.4 is 10.6 Å². The summed E-state index contributed by atoms with van der Waals surface area (Å²) in [6.07, 6.45) is 1.36. The standard InChI is InChI=1S/C22H23N3O3/c1-4-28-22(27)18-10-6-8-12-20(18)25-21(26)16(13-23)14-24-19-11-7-5-9-17(19)15(2)3/h5-12,14-15,24H,4H2,1-3H3,(H,25,26)/b16-14-. The Morgan fingerprint density at radius 3 is 2.39 bits per heavy atom. The third-order valence-corrected chi connectivity index (χ3v) is 3.99. The number of nitrogens with zero attached hydrogens (tertiary/aromatic N) is 1. The van der Waals surface area contributed by atoms with E-state index in [0.717, 1.165) is 11.3 Å². The second kappa shape index (κ2) is 9.93. The summed E-state index contributed by atoms with van der Waals surface area (Å²) in [7, 11) is 0. The van der Waals surface area contributed by atoms with E-state index in [9.17, 15) is 14.9 Å². The Balaban J connectivity index is 2.21. The first-order valence-corrected chi connectivity index (χ1v) is 9.01. The zero-order valence-electron chi connectivity index (χ0n) is 16.2. The molecule has 0 saturated heterocycles.